The molecule has 1 heterocycles. The van der Waals surface area contributed by atoms with Crippen molar-refractivity contribution in [2.45, 2.75) is 65.3 Å². The Morgan fingerprint density at radius 3 is 2.64 bits per heavy atom. The van der Waals surface area contributed by atoms with Gasteiger partial charge in [0, 0.05) is 6.04 Å². The predicted molar refractivity (Wildman–Crippen MR) is 63.5 cm³/mol. The molecule has 0 aromatic heterocycles. The fourth-order valence-electron chi connectivity index (χ4n) is 2.86. The summed E-state index contributed by atoms with van der Waals surface area (Å²) in [5.41, 5.74) is 0. The average Bonchev–Trinajstić information content (AvgIpc) is 2.66. The van der Waals surface area contributed by atoms with E-state index in [-0.39, 0.29) is 0 Å². The van der Waals surface area contributed by atoms with Crippen molar-refractivity contribution in [3.05, 3.63) is 0 Å². The molecule has 0 aromatic carbocycles. The summed E-state index contributed by atoms with van der Waals surface area (Å²) in [6, 6.07) is 0.830. The van der Waals surface area contributed by atoms with Gasteiger partial charge in [0.2, 0.25) is 0 Å². The highest BCUT2D eigenvalue weighted by molar-refractivity contribution is 4.78. The van der Waals surface area contributed by atoms with Crippen LogP contribution >= 0.6 is 0 Å². The maximum Gasteiger partial charge on any atom is 0.00701 e. The highest BCUT2D eigenvalue weighted by Gasteiger charge is 2.21. The molecule has 1 N–H and O–H groups in total. The maximum absolute atomic E-state index is 3.61. The zero-order valence-corrected chi connectivity index (χ0v) is 10.2. The van der Waals surface area contributed by atoms with E-state index in [2.05, 4.69) is 26.1 Å². The first kappa shape index (κ1) is 12.0. The van der Waals surface area contributed by atoms with Crippen LogP contribution in [0.1, 0.15) is 59.3 Å². The fourth-order valence-corrected chi connectivity index (χ4v) is 2.86. The molecule has 0 amide bonds. The number of rotatable bonds is 6. The summed E-state index contributed by atoms with van der Waals surface area (Å²) in [5.74, 6) is 1.87. The Morgan fingerprint density at radius 1 is 1.36 bits per heavy atom. The van der Waals surface area contributed by atoms with Gasteiger partial charge in [0.05, 0.1) is 0 Å². The minimum absolute atomic E-state index is 0.830. The van der Waals surface area contributed by atoms with Gasteiger partial charge >= 0.3 is 0 Å². The molecule has 1 nitrogen and oxygen atoms in total. The average molecular weight is 197 g/mol. The lowest BCUT2D eigenvalue weighted by Crippen LogP contribution is -2.26. The SMILES string of the molecule is CCCC(CC)C(C)CC1CCCN1. The Labute approximate surface area is 89.7 Å². The molecule has 0 bridgehead atoms. The Kier molecular flexibility index (Phi) is 5.54. The molecule has 1 heteroatoms. The van der Waals surface area contributed by atoms with Gasteiger partial charge in [0.25, 0.3) is 0 Å². The van der Waals surface area contributed by atoms with Crippen LogP contribution in [0.15, 0.2) is 0 Å². The molecule has 1 aliphatic rings. The van der Waals surface area contributed by atoms with Gasteiger partial charge in [0.15, 0.2) is 0 Å². The van der Waals surface area contributed by atoms with Gasteiger partial charge in [-0.05, 0) is 37.6 Å². The largest absolute Gasteiger partial charge is 0.314 e. The molecule has 0 aliphatic carbocycles. The van der Waals surface area contributed by atoms with E-state index in [9.17, 15) is 0 Å². The molecule has 0 radical (unpaired) electrons. The van der Waals surface area contributed by atoms with E-state index in [0.717, 1.165) is 17.9 Å². The Balaban J connectivity index is 2.26. The van der Waals surface area contributed by atoms with E-state index in [1.54, 1.807) is 0 Å². The Morgan fingerprint density at radius 2 is 2.14 bits per heavy atom. The van der Waals surface area contributed by atoms with Gasteiger partial charge in [-0.25, -0.2) is 0 Å². The molecule has 3 atom stereocenters. The third-order valence-electron chi connectivity index (χ3n) is 3.81. The molecule has 0 saturated carbocycles. The van der Waals surface area contributed by atoms with Crippen LogP contribution in [0, 0.1) is 11.8 Å². The standard InChI is InChI=1S/C13H27N/c1-4-7-12(5-2)11(3)10-13-8-6-9-14-13/h11-14H,4-10H2,1-3H3. The van der Waals surface area contributed by atoms with Crippen molar-refractivity contribution >= 4 is 0 Å². The third kappa shape index (κ3) is 3.61. The van der Waals surface area contributed by atoms with Crippen LogP contribution in [0.3, 0.4) is 0 Å². The summed E-state index contributed by atoms with van der Waals surface area (Å²) in [7, 11) is 0. The minimum atomic E-state index is 0.830. The zero-order chi connectivity index (χ0) is 10.4. The molecule has 14 heavy (non-hydrogen) atoms. The summed E-state index contributed by atoms with van der Waals surface area (Å²) < 4.78 is 0. The maximum atomic E-state index is 3.61. The van der Waals surface area contributed by atoms with Crippen LogP contribution in [0.25, 0.3) is 0 Å². The molecule has 0 spiro atoms. The lowest BCUT2D eigenvalue weighted by Gasteiger charge is -2.25. The minimum Gasteiger partial charge on any atom is -0.314 e. The molecular formula is C13H27N. The summed E-state index contributed by atoms with van der Waals surface area (Å²) in [6.07, 6.45) is 8.33. The van der Waals surface area contributed by atoms with Crippen molar-refractivity contribution in [3.8, 4) is 0 Å². The molecule has 0 aromatic rings. The van der Waals surface area contributed by atoms with Crippen LogP contribution in [-0.2, 0) is 0 Å². The summed E-state index contributed by atoms with van der Waals surface area (Å²) in [6.45, 7) is 8.36. The molecular weight excluding hydrogens is 170 g/mol. The number of hydrogen-bond acceptors (Lipinski definition) is 1. The van der Waals surface area contributed by atoms with Crippen molar-refractivity contribution < 1.29 is 0 Å². The highest BCUT2D eigenvalue weighted by Crippen LogP contribution is 2.26. The fraction of sp³-hybridized carbons (Fsp3) is 1.00. The van der Waals surface area contributed by atoms with Gasteiger partial charge in [0.1, 0.15) is 0 Å². The van der Waals surface area contributed by atoms with Crippen molar-refractivity contribution in [2.75, 3.05) is 6.54 Å². The second kappa shape index (κ2) is 6.44. The first-order valence-corrected chi connectivity index (χ1v) is 6.51. The quantitative estimate of drug-likeness (QED) is 0.686. The summed E-state index contributed by atoms with van der Waals surface area (Å²) in [5, 5.41) is 3.61. The number of hydrogen-bond donors (Lipinski definition) is 1. The van der Waals surface area contributed by atoms with Crippen molar-refractivity contribution in [1.82, 2.24) is 5.32 Å². The first-order chi connectivity index (χ1) is 6.77. The van der Waals surface area contributed by atoms with Gasteiger partial charge in [-0.2, -0.15) is 0 Å². The van der Waals surface area contributed by atoms with Gasteiger partial charge in [-0.1, -0.05) is 40.0 Å². The van der Waals surface area contributed by atoms with Crippen LogP contribution in [0.5, 0.6) is 0 Å². The van der Waals surface area contributed by atoms with Crippen LogP contribution in [0.4, 0.5) is 0 Å². The molecule has 84 valence electrons. The topological polar surface area (TPSA) is 12.0 Å². The van der Waals surface area contributed by atoms with Crippen molar-refractivity contribution in [1.29, 1.82) is 0 Å². The lowest BCUT2D eigenvalue weighted by molar-refractivity contribution is 0.282. The lowest BCUT2D eigenvalue weighted by atomic mass is 9.83. The third-order valence-corrected chi connectivity index (χ3v) is 3.81. The van der Waals surface area contributed by atoms with Crippen molar-refractivity contribution in [3.63, 3.8) is 0 Å². The monoisotopic (exact) mass is 197 g/mol. The first-order valence-electron chi connectivity index (χ1n) is 6.51. The van der Waals surface area contributed by atoms with Crippen molar-refractivity contribution in [2.24, 2.45) is 11.8 Å². The predicted octanol–water partition coefficient (Wildman–Crippen LogP) is 3.59. The van der Waals surface area contributed by atoms with E-state index < -0.39 is 0 Å². The molecule has 1 saturated heterocycles. The van der Waals surface area contributed by atoms with Gasteiger partial charge in [-0.15, -0.1) is 0 Å². The van der Waals surface area contributed by atoms with E-state index in [1.807, 2.05) is 0 Å². The molecule has 1 aliphatic heterocycles. The zero-order valence-electron chi connectivity index (χ0n) is 10.2. The normalized spacial score (nSPS) is 26.4. The highest BCUT2D eigenvalue weighted by atomic mass is 14.9. The van der Waals surface area contributed by atoms with Crippen LogP contribution in [0.2, 0.25) is 0 Å². The second-order valence-electron chi connectivity index (χ2n) is 4.96. The van der Waals surface area contributed by atoms with E-state index in [4.69, 9.17) is 0 Å². The summed E-state index contributed by atoms with van der Waals surface area (Å²) >= 11 is 0. The van der Waals surface area contributed by atoms with Gasteiger partial charge in [-0.3, -0.25) is 0 Å². The Bertz CT molecular complexity index is 138. The smallest absolute Gasteiger partial charge is 0.00701 e. The summed E-state index contributed by atoms with van der Waals surface area (Å²) in [4.78, 5) is 0. The van der Waals surface area contributed by atoms with Crippen LogP contribution in [-0.4, -0.2) is 12.6 Å². The van der Waals surface area contributed by atoms with E-state index in [1.165, 1.54) is 45.1 Å². The second-order valence-corrected chi connectivity index (χ2v) is 4.96. The molecule has 3 unspecified atom stereocenters. The van der Waals surface area contributed by atoms with E-state index in [0.29, 0.717) is 0 Å². The van der Waals surface area contributed by atoms with E-state index >= 15 is 0 Å². The molecule has 1 rings (SSSR count). The number of nitrogens with one attached hydrogen (secondary N) is 1. The Hall–Kier alpha value is -0.0400. The van der Waals surface area contributed by atoms with Crippen LogP contribution < -0.4 is 5.32 Å². The molecule has 1 fully saturated rings. The van der Waals surface area contributed by atoms with Gasteiger partial charge < -0.3 is 5.32 Å².